The summed E-state index contributed by atoms with van der Waals surface area (Å²) in [5.41, 5.74) is 8.26. The summed E-state index contributed by atoms with van der Waals surface area (Å²) in [5.74, 6) is 5.12. The van der Waals surface area contributed by atoms with E-state index < -0.39 is 5.82 Å². The normalized spacial score (nSPS) is 11.4. The van der Waals surface area contributed by atoms with Crippen molar-refractivity contribution in [2.45, 2.75) is 33.1 Å². The summed E-state index contributed by atoms with van der Waals surface area (Å²) in [6.07, 6.45) is 3.14. The monoisotopic (exact) mass is 323 g/mol. The molecule has 0 atom stereocenters. The molecule has 0 aliphatic heterocycles. The van der Waals surface area contributed by atoms with Crippen molar-refractivity contribution in [3.8, 4) is 23.2 Å². The summed E-state index contributed by atoms with van der Waals surface area (Å²) in [5, 5.41) is 4.12. The van der Waals surface area contributed by atoms with E-state index in [9.17, 15) is 4.39 Å². The summed E-state index contributed by atoms with van der Waals surface area (Å²) in [6, 6.07) is 3.83. The van der Waals surface area contributed by atoms with Gasteiger partial charge in [-0.3, -0.25) is 4.98 Å². The van der Waals surface area contributed by atoms with Gasteiger partial charge in [0.15, 0.2) is 5.82 Å². The molecule has 0 unspecified atom stereocenters. The second-order valence-corrected chi connectivity index (χ2v) is 6.51. The number of halogens is 1. The number of nitrogens with zero attached hydrogens (tertiary/aromatic N) is 4. The number of pyridine rings is 1. The first-order valence-electron chi connectivity index (χ1n) is 7.55. The van der Waals surface area contributed by atoms with Gasteiger partial charge >= 0.3 is 0 Å². The van der Waals surface area contributed by atoms with Gasteiger partial charge in [-0.25, -0.2) is 13.9 Å². The van der Waals surface area contributed by atoms with Gasteiger partial charge < -0.3 is 5.73 Å². The van der Waals surface area contributed by atoms with E-state index in [4.69, 9.17) is 5.73 Å². The molecule has 0 saturated carbocycles. The third kappa shape index (κ3) is 2.58. The van der Waals surface area contributed by atoms with Crippen LogP contribution in [-0.4, -0.2) is 19.6 Å². The third-order valence-corrected chi connectivity index (χ3v) is 3.76. The van der Waals surface area contributed by atoms with Crippen molar-refractivity contribution in [3.63, 3.8) is 0 Å². The van der Waals surface area contributed by atoms with E-state index in [0.717, 1.165) is 5.56 Å². The molecule has 0 bridgehead atoms. The molecule has 6 heteroatoms. The van der Waals surface area contributed by atoms with Gasteiger partial charge in [-0.05, 0) is 24.0 Å². The molecule has 0 fully saturated rings. The van der Waals surface area contributed by atoms with Gasteiger partial charge in [0.2, 0.25) is 5.95 Å². The molecular weight excluding hydrogens is 305 g/mol. The van der Waals surface area contributed by atoms with Crippen LogP contribution in [-0.2, 0) is 5.41 Å². The van der Waals surface area contributed by atoms with Crippen LogP contribution < -0.4 is 5.73 Å². The molecule has 122 valence electrons. The Morgan fingerprint density at radius 1 is 1.17 bits per heavy atom. The molecule has 0 saturated heterocycles. The number of aromatic nitrogens is 4. The molecule has 3 heterocycles. The zero-order valence-electron chi connectivity index (χ0n) is 14.1. The molecule has 24 heavy (non-hydrogen) atoms. The van der Waals surface area contributed by atoms with E-state index in [1.54, 1.807) is 13.1 Å². The largest absolute Gasteiger partial charge is 0.367 e. The Bertz CT molecular complexity index is 969. The lowest BCUT2D eigenvalue weighted by atomic mass is 9.88. The maximum atomic E-state index is 14.7. The number of nitrogen functional groups attached to an aromatic ring is 1. The van der Waals surface area contributed by atoms with Gasteiger partial charge in [-0.1, -0.05) is 32.8 Å². The highest BCUT2D eigenvalue weighted by Crippen LogP contribution is 2.30. The van der Waals surface area contributed by atoms with Crippen LogP contribution in [0.15, 0.2) is 24.5 Å². The molecule has 2 N–H and O–H groups in total. The Labute approximate surface area is 139 Å². The van der Waals surface area contributed by atoms with Gasteiger partial charge in [0.1, 0.15) is 11.2 Å². The fourth-order valence-corrected chi connectivity index (χ4v) is 2.48. The molecule has 3 aromatic rings. The first kappa shape index (κ1) is 15.9. The summed E-state index contributed by atoms with van der Waals surface area (Å²) in [7, 11) is 0. The fourth-order valence-electron chi connectivity index (χ4n) is 2.48. The standard InChI is InChI=1S/C18H18FN5/c1-5-6-12-15(19)14-10-22-17(20)23-24(14)16(12)13-8-7-11(9-21-13)18(2,3)4/h7-10H,1-4H3,(H2,20,23). The average Bonchev–Trinajstić information content (AvgIpc) is 2.79. The van der Waals surface area contributed by atoms with E-state index in [2.05, 4.69) is 47.7 Å². The minimum Gasteiger partial charge on any atom is -0.367 e. The molecule has 3 rings (SSSR count). The highest BCUT2D eigenvalue weighted by molar-refractivity contribution is 5.73. The molecule has 0 aliphatic carbocycles. The van der Waals surface area contributed by atoms with Gasteiger partial charge in [-0.15, -0.1) is 11.0 Å². The van der Waals surface area contributed by atoms with E-state index in [1.807, 2.05) is 12.1 Å². The van der Waals surface area contributed by atoms with Crippen LogP contribution in [0, 0.1) is 17.7 Å². The minimum atomic E-state index is -0.471. The maximum absolute atomic E-state index is 14.7. The zero-order chi connectivity index (χ0) is 17.5. The number of anilines is 1. The van der Waals surface area contributed by atoms with Gasteiger partial charge in [-0.2, -0.15) is 0 Å². The van der Waals surface area contributed by atoms with Crippen molar-refractivity contribution in [2.75, 3.05) is 5.73 Å². The lowest BCUT2D eigenvalue weighted by molar-refractivity contribution is 0.587. The minimum absolute atomic E-state index is 0.0172. The topological polar surface area (TPSA) is 69.1 Å². The van der Waals surface area contributed by atoms with Gasteiger partial charge in [0, 0.05) is 6.20 Å². The first-order chi connectivity index (χ1) is 11.3. The Morgan fingerprint density at radius 2 is 1.92 bits per heavy atom. The van der Waals surface area contributed by atoms with Crippen molar-refractivity contribution < 1.29 is 4.39 Å². The van der Waals surface area contributed by atoms with E-state index in [1.165, 1.54) is 10.7 Å². The molecule has 3 aromatic heterocycles. The molecule has 0 aromatic carbocycles. The van der Waals surface area contributed by atoms with Crippen molar-refractivity contribution in [2.24, 2.45) is 0 Å². The molecule has 0 aliphatic rings. The van der Waals surface area contributed by atoms with Crippen LogP contribution in [0.3, 0.4) is 0 Å². The SMILES string of the molecule is CC#Cc1c(F)c2cnc(N)nn2c1-c1ccc(C(C)(C)C)cn1. The predicted octanol–water partition coefficient (Wildman–Crippen LogP) is 3.18. The van der Waals surface area contributed by atoms with Crippen LogP contribution in [0.4, 0.5) is 10.3 Å². The van der Waals surface area contributed by atoms with Crippen molar-refractivity contribution in [1.82, 2.24) is 19.6 Å². The summed E-state index contributed by atoms with van der Waals surface area (Å²) >= 11 is 0. The number of hydrogen-bond donors (Lipinski definition) is 1. The van der Waals surface area contributed by atoms with Crippen molar-refractivity contribution >= 4 is 11.5 Å². The molecule has 0 amide bonds. The Kier molecular flexibility index (Phi) is 3.72. The quantitative estimate of drug-likeness (QED) is 0.698. The lowest BCUT2D eigenvalue weighted by Gasteiger charge is -2.18. The van der Waals surface area contributed by atoms with Crippen LogP contribution in [0.25, 0.3) is 16.9 Å². The predicted molar refractivity (Wildman–Crippen MR) is 91.8 cm³/mol. The van der Waals surface area contributed by atoms with Crippen LogP contribution in [0.5, 0.6) is 0 Å². The zero-order valence-corrected chi connectivity index (χ0v) is 14.1. The highest BCUT2D eigenvalue weighted by Gasteiger charge is 2.22. The summed E-state index contributed by atoms with van der Waals surface area (Å²) < 4.78 is 16.1. The van der Waals surface area contributed by atoms with Crippen LogP contribution in [0.1, 0.15) is 38.8 Å². The summed E-state index contributed by atoms with van der Waals surface area (Å²) in [6.45, 7) is 7.98. The molecular formula is C18H18FN5. The van der Waals surface area contributed by atoms with Crippen molar-refractivity contribution in [1.29, 1.82) is 0 Å². The molecule has 0 radical (unpaired) electrons. The summed E-state index contributed by atoms with van der Waals surface area (Å²) in [4.78, 5) is 8.35. The number of fused-ring (bicyclic) bond motifs is 1. The smallest absolute Gasteiger partial charge is 0.238 e. The fraction of sp³-hybridized carbons (Fsp3) is 0.278. The Hall–Kier alpha value is -2.94. The van der Waals surface area contributed by atoms with E-state index in [0.29, 0.717) is 11.4 Å². The second-order valence-electron chi connectivity index (χ2n) is 6.51. The maximum Gasteiger partial charge on any atom is 0.238 e. The first-order valence-corrected chi connectivity index (χ1v) is 7.55. The average molecular weight is 323 g/mol. The van der Waals surface area contributed by atoms with Gasteiger partial charge in [0.25, 0.3) is 0 Å². The molecule has 0 spiro atoms. The van der Waals surface area contributed by atoms with E-state index in [-0.39, 0.29) is 22.4 Å². The number of rotatable bonds is 1. The van der Waals surface area contributed by atoms with Crippen molar-refractivity contribution in [3.05, 3.63) is 41.5 Å². The number of nitrogens with two attached hydrogens (primary N) is 1. The second kappa shape index (κ2) is 5.60. The van der Waals surface area contributed by atoms with Gasteiger partial charge in [0.05, 0.1) is 17.5 Å². The lowest BCUT2D eigenvalue weighted by Crippen LogP contribution is -2.11. The van der Waals surface area contributed by atoms with E-state index >= 15 is 0 Å². The Morgan fingerprint density at radius 3 is 2.50 bits per heavy atom. The van der Waals surface area contributed by atoms with Crippen LogP contribution >= 0.6 is 0 Å². The number of hydrogen-bond acceptors (Lipinski definition) is 4. The Balaban J connectivity index is 2.29. The van der Waals surface area contributed by atoms with Crippen LogP contribution in [0.2, 0.25) is 0 Å². The highest BCUT2D eigenvalue weighted by atomic mass is 19.1. The molecule has 5 nitrogen and oxygen atoms in total. The third-order valence-electron chi connectivity index (χ3n) is 3.76.